The lowest BCUT2D eigenvalue weighted by Crippen LogP contribution is -2.30. The van der Waals surface area contributed by atoms with Crippen molar-refractivity contribution in [2.24, 2.45) is 5.92 Å². The molecule has 0 atom stereocenters. The number of hydrogen-bond donors (Lipinski definition) is 1. The van der Waals surface area contributed by atoms with Gasteiger partial charge < -0.3 is 10.1 Å². The van der Waals surface area contributed by atoms with Gasteiger partial charge >= 0.3 is 0 Å². The van der Waals surface area contributed by atoms with Crippen molar-refractivity contribution in [2.45, 2.75) is 38.1 Å². The van der Waals surface area contributed by atoms with E-state index in [1.54, 1.807) is 7.11 Å². The van der Waals surface area contributed by atoms with Gasteiger partial charge in [0.1, 0.15) is 0 Å². The first kappa shape index (κ1) is 10.0. The molecule has 0 bridgehead atoms. The highest BCUT2D eigenvalue weighted by Gasteiger charge is 2.19. The highest BCUT2D eigenvalue weighted by atomic mass is 16.5. The van der Waals surface area contributed by atoms with Crippen molar-refractivity contribution in [3.05, 3.63) is 0 Å². The van der Waals surface area contributed by atoms with Crippen LogP contribution in [-0.2, 0) is 4.74 Å². The summed E-state index contributed by atoms with van der Waals surface area (Å²) in [5.74, 6) is 0.926. The number of hydrogen-bond acceptors (Lipinski definition) is 2. The van der Waals surface area contributed by atoms with Crippen LogP contribution in [0.15, 0.2) is 0 Å². The summed E-state index contributed by atoms with van der Waals surface area (Å²) < 4.78 is 5.08. The molecule has 72 valence electrons. The largest absolute Gasteiger partial charge is 0.385 e. The molecule has 1 rings (SSSR count). The summed E-state index contributed by atoms with van der Waals surface area (Å²) in [5, 5.41) is 3.35. The van der Waals surface area contributed by atoms with Crippen molar-refractivity contribution >= 4 is 0 Å². The predicted molar refractivity (Wildman–Crippen MR) is 51.3 cm³/mol. The standard InChI is InChI=1S/C10H21NO/c1-11-10-5-3-9(4-6-10)7-8-12-2/h9-11H,3-8H2,1-2H3. The molecule has 0 spiro atoms. The molecule has 1 N–H and O–H groups in total. The number of ether oxygens (including phenoxy) is 1. The lowest BCUT2D eigenvalue weighted by atomic mass is 9.84. The summed E-state index contributed by atoms with van der Waals surface area (Å²) in [6.07, 6.45) is 6.73. The van der Waals surface area contributed by atoms with Gasteiger partial charge in [-0.1, -0.05) is 0 Å². The third-order valence-corrected chi connectivity index (χ3v) is 2.99. The lowest BCUT2D eigenvalue weighted by Gasteiger charge is -2.27. The summed E-state index contributed by atoms with van der Waals surface area (Å²) in [6, 6.07) is 0.781. The Kier molecular flexibility index (Phi) is 4.62. The van der Waals surface area contributed by atoms with Crippen LogP contribution in [0.1, 0.15) is 32.1 Å². The van der Waals surface area contributed by atoms with E-state index < -0.39 is 0 Å². The van der Waals surface area contributed by atoms with Crippen LogP contribution in [0, 0.1) is 5.92 Å². The normalized spacial score (nSPS) is 30.5. The first-order valence-electron chi connectivity index (χ1n) is 5.03. The highest BCUT2D eigenvalue weighted by molar-refractivity contribution is 4.75. The Bertz CT molecular complexity index is 108. The van der Waals surface area contributed by atoms with Gasteiger partial charge in [0.2, 0.25) is 0 Å². The van der Waals surface area contributed by atoms with Crippen LogP contribution in [0.2, 0.25) is 0 Å². The molecule has 0 aromatic carbocycles. The number of rotatable bonds is 4. The van der Waals surface area contributed by atoms with Crippen LogP contribution < -0.4 is 5.32 Å². The van der Waals surface area contributed by atoms with Crippen molar-refractivity contribution in [2.75, 3.05) is 20.8 Å². The van der Waals surface area contributed by atoms with E-state index in [4.69, 9.17) is 4.74 Å². The van der Waals surface area contributed by atoms with Crippen LogP contribution in [-0.4, -0.2) is 26.8 Å². The topological polar surface area (TPSA) is 21.3 Å². The summed E-state index contributed by atoms with van der Waals surface area (Å²) in [7, 11) is 3.86. The van der Waals surface area contributed by atoms with Gasteiger partial charge in [-0.2, -0.15) is 0 Å². The van der Waals surface area contributed by atoms with Gasteiger partial charge in [0.25, 0.3) is 0 Å². The third kappa shape index (κ3) is 3.11. The van der Waals surface area contributed by atoms with Gasteiger partial charge in [-0.15, -0.1) is 0 Å². The van der Waals surface area contributed by atoms with Crippen LogP contribution in [0.5, 0.6) is 0 Å². The molecule has 0 unspecified atom stereocenters. The van der Waals surface area contributed by atoms with Gasteiger partial charge in [0, 0.05) is 19.8 Å². The Hall–Kier alpha value is -0.0800. The van der Waals surface area contributed by atoms with Gasteiger partial charge in [0.05, 0.1) is 0 Å². The number of nitrogens with one attached hydrogen (secondary N) is 1. The van der Waals surface area contributed by atoms with E-state index in [0.717, 1.165) is 18.6 Å². The summed E-state index contributed by atoms with van der Waals surface area (Å²) in [5.41, 5.74) is 0. The maximum Gasteiger partial charge on any atom is 0.0464 e. The van der Waals surface area contributed by atoms with E-state index in [9.17, 15) is 0 Å². The van der Waals surface area contributed by atoms with Gasteiger partial charge in [0.15, 0.2) is 0 Å². The molecule has 1 saturated carbocycles. The molecule has 1 fully saturated rings. The second-order valence-corrected chi connectivity index (χ2v) is 3.79. The first-order valence-corrected chi connectivity index (χ1v) is 5.03. The number of methoxy groups -OCH3 is 1. The molecule has 0 aromatic heterocycles. The van der Waals surface area contributed by atoms with Crippen molar-refractivity contribution < 1.29 is 4.74 Å². The minimum Gasteiger partial charge on any atom is -0.385 e. The monoisotopic (exact) mass is 171 g/mol. The van der Waals surface area contributed by atoms with Crippen LogP contribution in [0.25, 0.3) is 0 Å². The zero-order valence-corrected chi connectivity index (χ0v) is 8.31. The van der Waals surface area contributed by atoms with Crippen LogP contribution >= 0.6 is 0 Å². The average molecular weight is 171 g/mol. The lowest BCUT2D eigenvalue weighted by molar-refractivity contribution is 0.161. The van der Waals surface area contributed by atoms with Gasteiger partial charge in [-0.3, -0.25) is 0 Å². The highest BCUT2D eigenvalue weighted by Crippen LogP contribution is 2.26. The quantitative estimate of drug-likeness (QED) is 0.696. The molecule has 0 saturated heterocycles. The summed E-state index contributed by atoms with van der Waals surface area (Å²) >= 11 is 0. The van der Waals surface area contributed by atoms with E-state index in [2.05, 4.69) is 12.4 Å². The molecule has 0 amide bonds. The minimum atomic E-state index is 0.781. The zero-order valence-electron chi connectivity index (χ0n) is 8.31. The molecule has 2 nitrogen and oxygen atoms in total. The fourth-order valence-electron chi connectivity index (χ4n) is 2.02. The van der Waals surface area contributed by atoms with E-state index in [1.807, 2.05) is 0 Å². The third-order valence-electron chi connectivity index (χ3n) is 2.99. The minimum absolute atomic E-state index is 0.781. The van der Waals surface area contributed by atoms with Gasteiger partial charge in [-0.05, 0) is 45.1 Å². The van der Waals surface area contributed by atoms with E-state index in [0.29, 0.717) is 0 Å². The molecule has 1 aliphatic rings. The van der Waals surface area contributed by atoms with Crippen molar-refractivity contribution in [3.8, 4) is 0 Å². The Morgan fingerprint density at radius 2 is 1.92 bits per heavy atom. The van der Waals surface area contributed by atoms with E-state index in [1.165, 1.54) is 32.1 Å². The Balaban J connectivity index is 2.09. The molecule has 2 heteroatoms. The second-order valence-electron chi connectivity index (χ2n) is 3.79. The van der Waals surface area contributed by atoms with Crippen LogP contribution in [0.4, 0.5) is 0 Å². The van der Waals surface area contributed by atoms with Gasteiger partial charge in [-0.25, -0.2) is 0 Å². The second kappa shape index (κ2) is 5.55. The molecular formula is C10H21NO. The van der Waals surface area contributed by atoms with E-state index >= 15 is 0 Å². The molecule has 0 aliphatic heterocycles. The summed E-state index contributed by atoms with van der Waals surface area (Å²) in [6.45, 7) is 0.939. The van der Waals surface area contributed by atoms with Crippen molar-refractivity contribution in [1.29, 1.82) is 0 Å². The first-order chi connectivity index (χ1) is 5.86. The SMILES string of the molecule is CNC1CCC(CCOC)CC1. The zero-order chi connectivity index (χ0) is 8.81. The fourth-order valence-corrected chi connectivity index (χ4v) is 2.02. The molecule has 0 aromatic rings. The molecule has 1 aliphatic carbocycles. The Morgan fingerprint density at radius 3 is 2.42 bits per heavy atom. The Labute approximate surface area is 75.7 Å². The molecule has 12 heavy (non-hydrogen) atoms. The smallest absolute Gasteiger partial charge is 0.0464 e. The maximum absolute atomic E-state index is 5.08. The Morgan fingerprint density at radius 1 is 1.25 bits per heavy atom. The molecule has 0 radical (unpaired) electrons. The fraction of sp³-hybridized carbons (Fsp3) is 1.00. The van der Waals surface area contributed by atoms with E-state index in [-0.39, 0.29) is 0 Å². The van der Waals surface area contributed by atoms with Crippen molar-refractivity contribution in [3.63, 3.8) is 0 Å². The average Bonchev–Trinajstić information content (AvgIpc) is 2.15. The predicted octanol–water partition coefficient (Wildman–Crippen LogP) is 1.80. The maximum atomic E-state index is 5.08. The van der Waals surface area contributed by atoms with Crippen LogP contribution in [0.3, 0.4) is 0 Å². The van der Waals surface area contributed by atoms with Crippen molar-refractivity contribution in [1.82, 2.24) is 5.32 Å². The summed E-state index contributed by atoms with van der Waals surface area (Å²) in [4.78, 5) is 0. The molecule has 0 heterocycles. The molecular weight excluding hydrogens is 150 g/mol.